The number of likely N-dealkylation sites (tertiary alicyclic amines) is 1. The van der Waals surface area contributed by atoms with E-state index in [1.54, 1.807) is 0 Å². The predicted molar refractivity (Wildman–Crippen MR) is 58.9 cm³/mol. The van der Waals surface area contributed by atoms with Crippen LogP contribution in [0.25, 0.3) is 0 Å². The first kappa shape index (κ1) is 11.1. The van der Waals surface area contributed by atoms with Gasteiger partial charge >= 0.3 is 5.97 Å². The lowest BCUT2D eigenvalue weighted by Gasteiger charge is -2.22. The molecule has 2 atom stereocenters. The summed E-state index contributed by atoms with van der Waals surface area (Å²) >= 11 is 0. The lowest BCUT2D eigenvalue weighted by Crippen LogP contribution is -2.41. The van der Waals surface area contributed by atoms with Crippen molar-refractivity contribution in [3.8, 4) is 0 Å². The van der Waals surface area contributed by atoms with Crippen molar-refractivity contribution in [2.45, 2.75) is 25.1 Å². The van der Waals surface area contributed by atoms with Crippen molar-refractivity contribution in [1.82, 2.24) is 4.90 Å². The van der Waals surface area contributed by atoms with Gasteiger partial charge in [-0.05, 0) is 12.0 Å². The van der Waals surface area contributed by atoms with E-state index in [4.69, 9.17) is 5.11 Å². The molecule has 1 aliphatic rings. The second-order valence-corrected chi connectivity index (χ2v) is 4.10. The fourth-order valence-corrected chi connectivity index (χ4v) is 2.15. The lowest BCUT2D eigenvalue weighted by atomic mass is 10.1. The van der Waals surface area contributed by atoms with Crippen molar-refractivity contribution >= 4 is 5.97 Å². The van der Waals surface area contributed by atoms with Crippen LogP contribution in [-0.2, 0) is 11.3 Å². The molecule has 0 spiro atoms. The first-order valence-corrected chi connectivity index (χ1v) is 5.37. The van der Waals surface area contributed by atoms with Crippen LogP contribution in [0.4, 0.5) is 0 Å². The molecule has 1 aliphatic heterocycles. The minimum absolute atomic E-state index is 0.532. The Balaban J connectivity index is 2.07. The highest BCUT2D eigenvalue weighted by atomic mass is 16.4. The van der Waals surface area contributed by atoms with Crippen LogP contribution < -0.4 is 0 Å². The number of nitrogens with zero attached hydrogens (tertiary/aromatic N) is 1. The fraction of sp³-hybridized carbons (Fsp3) is 0.417. The van der Waals surface area contributed by atoms with E-state index < -0.39 is 18.1 Å². The number of carboxylic acids is 1. The summed E-state index contributed by atoms with van der Waals surface area (Å²) in [6.07, 6.45) is -0.217. The highest BCUT2D eigenvalue weighted by Gasteiger charge is 2.37. The van der Waals surface area contributed by atoms with Crippen LogP contribution in [0.2, 0.25) is 0 Å². The molecular formula is C12H15NO3. The number of carbonyl (C=O) groups is 1. The molecule has 16 heavy (non-hydrogen) atoms. The van der Waals surface area contributed by atoms with Gasteiger partial charge in [-0.3, -0.25) is 9.69 Å². The van der Waals surface area contributed by atoms with E-state index in [1.807, 2.05) is 35.2 Å². The van der Waals surface area contributed by atoms with Gasteiger partial charge in [0.25, 0.3) is 0 Å². The number of aliphatic carboxylic acids is 1. The Hall–Kier alpha value is -1.39. The van der Waals surface area contributed by atoms with Gasteiger partial charge in [0.2, 0.25) is 0 Å². The van der Waals surface area contributed by atoms with Crippen LogP contribution in [0.5, 0.6) is 0 Å². The Bertz CT molecular complexity index is 366. The van der Waals surface area contributed by atoms with Crippen LogP contribution in [-0.4, -0.2) is 39.8 Å². The Kier molecular flexibility index (Phi) is 3.22. The van der Waals surface area contributed by atoms with Crippen LogP contribution in [0.1, 0.15) is 12.0 Å². The smallest absolute Gasteiger partial charge is 0.323 e. The second kappa shape index (κ2) is 4.63. The second-order valence-electron chi connectivity index (χ2n) is 4.10. The van der Waals surface area contributed by atoms with E-state index in [-0.39, 0.29) is 0 Å². The van der Waals surface area contributed by atoms with Crippen LogP contribution in [0, 0.1) is 0 Å². The maximum Gasteiger partial charge on any atom is 0.323 e. The summed E-state index contributed by atoms with van der Waals surface area (Å²) in [4.78, 5) is 12.8. The molecule has 0 saturated carbocycles. The third-order valence-corrected chi connectivity index (χ3v) is 2.95. The summed E-state index contributed by atoms with van der Waals surface area (Å²) in [5.74, 6) is -0.944. The number of benzene rings is 1. The molecule has 1 aromatic rings. The van der Waals surface area contributed by atoms with Crippen molar-refractivity contribution in [1.29, 1.82) is 0 Å². The van der Waals surface area contributed by atoms with Crippen LogP contribution in [0.15, 0.2) is 30.3 Å². The highest BCUT2D eigenvalue weighted by Crippen LogP contribution is 2.20. The largest absolute Gasteiger partial charge is 0.480 e. The molecule has 4 nitrogen and oxygen atoms in total. The molecular weight excluding hydrogens is 206 g/mol. The molecule has 4 heteroatoms. The lowest BCUT2D eigenvalue weighted by molar-refractivity contribution is -0.145. The van der Waals surface area contributed by atoms with E-state index in [1.165, 1.54) is 0 Å². The molecule has 2 N–H and O–H groups in total. The van der Waals surface area contributed by atoms with Crippen molar-refractivity contribution in [2.75, 3.05) is 6.54 Å². The zero-order valence-electron chi connectivity index (χ0n) is 8.91. The van der Waals surface area contributed by atoms with Crippen LogP contribution in [0.3, 0.4) is 0 Å². The zero-order valence-corrected chi connectivity index (χ0v) is 8.91. The summed E-state index contributed by atoms with van der Waals surface area (Å²) in [6.45, 7) is 1.21. The summed E-state index contributed by atoms with van der Waals surface area (Å²) in [6, 6.07) is 8.94. The first-order valence-electron chi connectivity index (χ1n) is 5.37. The highest BCUT2D eigenvalue weighted by molar-refractivity contribution is 5.74. The molecule has 86 valence electrons. The Morgan fingerprint density at radius 1 is 1.38 bits per heavy atom. The van der Waals surface area contributed by atoms with Crippen molar-refractivity contribution in [3.63, 3.8) is 0 Å². The monoisotopic (exact) mass is 221 g/mol. The standard InChI is InChI=1S/C12H15NO3/c14-10-6-7-13(11(10)12(15)16)8-9-4-2-1-3-5-9/h1-5,10-11,14H,6-8H2,(H,15,16)/t10-,11-/m0/s1. The molecule has 0 amide bonds. The van der Waals surface area contributed by atoms with Crippen molar-refractivity contribution < 1.29 is 15.0 Å². The zero-order chi connectivity index (χ0) is 11.5. The number of hydrogen-bond acceptors (Lipinski definition) is 3. The third-order valence-electron chi connectivity index (χ3n) is 2.95. The molecule has 0 bridgehead atoms. The molecule has 1 saturated heterocycles. The molecule has 1 heterocycles. The predicted octanol–water partition coefficient (Wildman–Crippen LogP) is 0.706. The maximum atomic E-state index is 11.0. The number of rotatable bonds is 3. The van der Waals surface area contributed by atoms with Crippen LogP contribution >= 0.6 is 0 Å². The Labute approximate surface area is 94.1 Å². The van der Waals surface area contributed by atoms with Crippen molar-refractivity contribution in [3.05, 3.63) is 35.9 Å². The van der Waals surface area contributed by atoms with Gasteiger partial charge in [0, 0.05) is 13.1 Å². The molecule has 0 unspecified atom stereocenters. The fourth-order valence-electron chi connectivity index (χ4n) is 2.15. The van der Waals surface area contributed by atoms with Gasteiger partial charge in [-0.15, -0.1) is 0 Å². The van der Waals surface area contributed by atoms with Crippen molar-refractivity contribution in [2.24, 2.45) is 0 Å². The molecule has 0 aromatic heterocycles. The molecule has 0 radical (unpaired) electrons. The van der Waals surface area contributed by atoms with E-state index in [2.05, 4.69) is 0 Å². The minimum atomic E-state index is -0.944. The number of carboxylic acid groups (broad SMARTS) is 1. The number of hydrogen-bond donors (Lipinski definition) is 2. The number of aliphatic hydroxyl groups excluding tert-OH is 1. The normalized spacial score (nSPS) is 25.8. The Morgan fingerprint density at radius 2 is 2.06 bits per heavy atom. The van der Waals surface area contributed by atoms with Gasteiger partial charge in [0.05, 0.1) is 6.10 Å². The van der Waals surface area contributed by atoms with Gasteiger partial charge in [-0.1, -0.05) is 30.3 Å². The molecule has 1 fully saturated rings. The van der Waals surface area contributed by atoms with Gasteiger partial charge < -0.3 is 10.2 Å². The summed E-state index contributed by atoms with van der Waals surface area (Å²) in [5.41, 5.74) is 1.07. The van der Waals surface area contributed by atoms with Gasteiger partial charge in [-0.25, -0.2) is 0 Å². The van der Waals surface area contributed by atoms with Gasteiger partial charge in [0.1, 0.15) is 6.04 Å². The summed E-state index contributed by atoms with van der Waals surface area (Å²) in [5, 5.41) is 18.6. The molecule has 2 rings (SSSR count). The summed E-state index contributed by atoms with van der Waals surface area (Å²) in [7, 11) is 0. The average molecular weight is 221 g/mol. The quantitative estimate of drug-likeness (QED) is 0.789. The minimum Gasteiger partial charge on any atom is -0.480 e. The molecule has 0 aliphatic carbocycles. The van der Waals surface area contributed by atoms with Gasteiger partial charge in [-0.2, -0.15) is 0 Å². The van der Waals surface area contributed by atoms with Gasteiger partial charge in [0.15, 0.2) is 0 Å². The van der Waals surface area contributed by atoms with E-state index >= 15 is 0 Å². The maximum absolute atomic E-state index is 11.0. The summed E-state index contributed by atoms with van der Waals surface area (Å²) < 4.78 is 0. The Morgan fingerprint density at radius 3 is 2.69 bits per heavy atom. The average Bonchev–Trinajstić information content (AvgIpc) is 2.61. The third kappa shape index (κ3) is 2.23. The topological polar surface area (TPSA) is 60.8 Å². The van der Waals surface area contributed by atoms with E-state index in [9.17, 15) is 9.90 Å². The number of aliphatic hydroxyl groups is 1. The first-order chi connectivity index (χ1) is 7.68. The SMILES string of the molecule is O=C(O)[C@@H]1[C@@H](O)CCN1Cc1ccccc1. The molecule has 1 aromatic carbocycles. The van der Waals surface area contributed by atoms with E-state index in [0.29, 0.717) is 19.5 Å². The van der Waals surface area contributed by atoms with E-state index in [0.717, 1.165) is 5.56 Å².